The van der Waals surface area contributed by atoms with Gasteiger partial charge in [0.05, 0.1) is 11.3 Å². The van der Waals surface area contributed by atoms with Crippen LogP contribution in [0.3, 0.4) is 0 Å². The molecule has 0 bridgehead atoms. The van der Waals surface area contributed by atoms with E-state index in [4.69, 9.17) is 15.2 Å². The van der Waals surface area contributed by atoms with Crippen LogP contribution in [0.4, 0.5) is 5.82 Å². The summed E-state index contributed by atoms with van der Waals surface area (Å²) >= 11 is 1.38. The molecule has 1 aromatic heterocycles. The van der Waals surface area contributed by atoms with Crippen molar-refractivity contribution >= 4 is 27.4 Å². The van der Waals surface area contributed by atoms with Crippen molar-refractivity contribution in [2.45, 2.75) is 0 Å². The number of methoxy groups -OCH3 is 1. The minimum absolute atomic E-state index is 0.552. The summed E-state index contributed by atoms with van der Waals surface area (Å²) in [5, 5.41) is 0.985. The Morgan fingerprint density at radius 2 is 2.27 bits per heavy atom. The van der Waals surface area contributed by atoms with Crippen LogP contribution >= 0.6 is 11.5 Å². The molecule has 0 saturated carbocycles. The van der Waals surface area contributed by atoms with Gasteiger partial charge >= 0.3 is 0 Å². The van der Waals surface area contributed by atoms with Gasteiger partial charge in [-0.05, 0) is 29.7 Å². The highest BCUT2D eigenvalue weighted by Crippen LogP contribution is 2.28. The van der Waals surface area contributed by atoms with Gasteiger partial charge in [-0.2, -0.15) is 4.37 Å². The molecule has 2 N–H and O–H groups in total. The molecule has 15 heavy (non-hydrogen) atoms. The lowest BCUT2D eigenvalue weighted by atomic mass is 10.2. The molecule has 0 aliphatic heterocycles. The second-order valence-electron chi connectivity index (χ2n) is 3.07. The summed E-state index contributed by atoms with van der Waals surface area (Å²) < 4.78 is 15.5. The number of ether oxygens (including phenoxy) is 2. The maximum atomic E-state index is 5.69. The summed E-state index contributed by atoms with van der Waals surface area (Å²) in [7, 11) is 1.65. The molecule has 1 aromatic carbocycles. The van der Waals surface area contributed by atoms with Crippen LogP contribution < -0.4 is 10.5 Å². The fourth-order valence-electron chi connectivity index (χ4n) is 1.27. The Kier molecular flexibility index (Phi) is 3.03. The molecular weight excluding hydrogens is 212 g/mol. The van der Waals surface area contributed by atoms with Crippen LogP contribution in [-0.4, -0.2) is 24.7 Å². The van der Waals surface area contributed by atoms with Gasteiger partial charge in [-0.25, -0.2) is 0 Å². The third kappa shape index (κ3) is 2.19. The number of aromatic nitrogens is 1. The van der Waals surface area contributed by atoms with Crippen molar-refractivity contribution in [2.24, 2.45) is 0 Å². The number of nitrogen functional groups attached to an aromatic ring is 1. The van der Waals surface area contributed by atoms with E-state index >= 15 is 0 Å². The molecule has 80 valence electrons. The average Bonchev–Trinajstić information content (AvgIpc) is 2.61. The SMILES string of the molecule is COCCOc1ccc2c(N)nsc2c1. The summed E-state index contributed by atoms with van der Waals surface area (Å²) in [6.07, 6.45) is 0. The van der Waals surface area contributed by atoms with Crippen molar-refractivity contribution in [1.82, 2.24) is 4.37 Å². The molecule has 0 radical (unpaired) electrons. The molecule has 0 fully saturated rings. The van der Waals surface area contributed by atoms with Crippen molar-refractivity contribution in [1.29, 1.82) is 0 Å². The molecule has 0 atom stereocenters. The number of nitrogens with two attached hydrogens (primary N) is 1. The molecule has 0 spiro atoms. The minimum Gasteiger partial charge on any atom is -0.491 e. The highest BCUT2D eigenvalue weighted by molar-refractivity contribution is 7.13. The molecule has 0 saturated heterocycles. The molecule has 0 aliphatic rings. The summed E-state index contributed by atoms with van der Waals surface area (Å²) in [5.41, 5.74) is 5.69. The number of nitrogens with zero attached hydrogens (tertiary/aromatic N) is 1. The largest absolute Gasteiger partial charge is 0.491 e. The Morgan fingerprint density at radius 1 is 1.40 bits per heavy atom. The minimum atomic E-state index is 0.552. The molecule has 2 rings (SSSR count). The number of rotatable bonds is 4. The van der Waals surface area contributed by atoms with E-state index in [-0.39, 0.29) is 0 Å². The van der Waals surface area contributed by atoms with Gasteiger partial charge in [-0.15, -0.1) is 0 Å². The quantitative estimate of drug-likeness (QED) is 0.806. The lowest BCUT2D eigenvalue weighted by Gasteiger charge is -2.04. The Hall–Kier alpha value is -1.33. The molecule has 4 nitrogen and oxygen atoms in total. The zero-order chi connectivity index (χ0) is 10.7. The van der Waals surface area contributed by atoms with Crippen LogP contribution in [0, 0.1) is 0 Å². The summed E-state index contributed by atoms with van der Waals surface area (Å²) in [6.45, 7) is 1.14. The van der Waals surface area contributed by atoms with Gasteiger partial charge in [-0.3, -0.25) is 0 Å². The summed E-state index contributed by atoms with van der Waals surface area (Å²) in [4.78, 5) is 0. The van der Waals surface area contributed by atoms with Gasteiger partial charge in [-0.1, -0.05) is 0 Å². The standard InChI is InChI=1S/C10H12N2O2S/c1-13-4-5-14-7-2-3-8-9(6-7)15-12-10(8)11/h2-3,6H,4-5H2,1H3,(H2,11,12). The highest BCUT2D eigenvalue weighted by Gasteiger charge is 2.03. The maximum absolute atomic E-state index is 5.69. The van der Waals surface area contributed by atoms with Gasteiger partial charge < -0.3 is 15.2 Å². The van der Waals surface area contributed by atoms with Crippen LogP contribution in [0.5, 0.6) is 5.75 Å². The van der Waals surface area contributed by atoms with Gasteiger partial charge in [0.2, 0.25) is 0 Å². The number of benzene rings is 1. The van der Waals surface area contributed by atoms with E-state index in [0.29, 0.717) is 19.0 Å². The Balaban J connectivity index is 2.16. The number of fused-ring (bicyclic) bond motifs is 1. The lowest BCUT2D eigenvalue weighted by Crippen LogP contribution is -2.03. The topological polar surface area (TPSA) is 57.4 Å². The third-order valence-electron chi connectivity index (χ3n) is 2.03. The fourth-order valence-corrected chi connectivity index (χ4v) is 2.00. The molecular formula is C10H12N2O2S. The van der Waals surface area contributed by atoms with E-state index in [1.165, 1.54) is 11.5 Å². The van der Waals surface area contributed by atoms with Crippen LogP contribution in [-0.2, 0) is 4.74 Å². The molecule has 1 heterocycles. The average molecular weight is 224 g/mol. The second-order valence-corrected chi connectivity index (χ2v) is 3.87. The number of anilines is 1. The van der Waals surface area contributed by atoms with Crippen LogP contribution in [0.15, 0.2) is 18.2 Å². The number of hydrogen-bond acceptors (Lipinski definition) is 5. The first-order chi connectivity index (χ1) is 7.31. The molecule has 0 unspecified atom stereocenters. The Bertz CT molecular complexity index is 456. The lowest BCUT2D eigenvalue weighted by molar-refractivity contribution is 0.146. The van der Waals surface area contributed by atoms with Crippen molar-refractivity contribution in [3.63, 3.8) is 0 Å². The maximum Gasteiger partial charge on any atom is 0.144 e. The summed E-state index contributed by atoms with van der Waals surface area (Å²) in [5.74, 6) is 1.40. The third-order valence-corrected chi connectivity index (χ3v) is 2.85. The predicted molar refractivity (Wildman–Crippen MR) is 61.4 cm³/mol. The van der Waals surface area contributed by atoms with Crippen molar-refractivity contribution in [2.75, 3.05) is 26.1 Å². The Labute approximate surface area is 91.8 Å². The van der Waals surface area contributed by atoms with Gasteiger partial charge in [0, 0.05) is 12.5 Å². The van der Waals surface area contributed by atoms with E-state index in [9.17, 15) is 0 Å². The van der Waals surface area contributed by atoms with Crippen LogP contribution in [0.2, 0.25) is 0 Å². The van der Waals surface area contributed by atoms with Crippen molar-refractivity contribution in [3.8, 4) is 5.75 Å². The van der Waals surface area contributed by atoms with Gasteiger partial charge in [0.15, 0.2) is 0 Å². The van der Waals surface area contributed by atoms with Crippen molar-refractivity contribution in [3.05, 3.63) is 18.2 Å². The molecule has 0 aliphatic carbocycles. The van der Waals surface area contributed by atoms with E-state index in [1.54, 1.807) is 7.11 Å². The zero-order valence-electron chi connectivity index (χ0n) is 8.40. The smallest absolute Gasteiger partial charge is 0.144 e. The summed E-state index contributed by atoms with van der Waals surface area (Å²) in [6, 6.07) is 5.76. The monoisotopic (exact) mass is 224 g/mol. The van der Waals surface area contributed by atoms with E-state index in [1.807, 2.05) is 18.2 Å². The zero-order valence-corrected chi connectivity index (χ0v) is 9.21. The normalized spacial score (nSPS) is 10.7. The van der Waals surface area contributed by atoms with E-state index in [2.05, 4.69) is 4.37 Å². The van der Waals surface area contributed by atoms with Crippen molar-refractivity contribution < 1.29 is 9.47 Å². The first-order valence-corrected chi connectivity index (χ1v) is 5.35. The molecule has 2 aromatic rings. The van der Waals surface area contributed by atoms with E-state index in [0.717, 1.165) is 15.8 Å². The predicted octanol–water partition coefficient (Wildman–Crippen LogP) is 1.90. The fraction of sp³-hybridized carbons (Fsp3) is 0.300. The second kappa shape index (κ2) is 4.46. The first kappa shape index (κ1) is 10.2. The van der Waals surface area contributed by atoms with Crippen LogP contribution in [0.1, 0.15) is 0 Å². The number of hydrogen-bond donors (Lipinski definition) is 1. The molecule has 0 amide bonds. The van der Waals surface area contributed by atoms with Gasteiger partial charge in [0.25, 0.3) is 0 Å². The highest BCUT2D eigenvalue weighted by atomic mass is 32.1. The van der Waals surface area contributed by atoms with Crippen LogP contribution in [0.25, 0.3) is 10.1 Å². The van der Waals surface area contributed by atoms with Gasteiger partial charge in [0.1, 0.15) is 18.2 Å². The Morgan fingerprint density at radius 3 is 3.07 bits per heavy atom. The van der Waals surface area contributed by atoms with E-state index < -0.39 is 0 Å². The molecule has 5 heteroatoms. The first-order valence-electron chi connectivity index (χ1n) is 4.58.